The van der Waals surface area contributed by atoms with Gasteiger partial charge in [0.1, 0.15) is 17.2 Å². The number of piperazine rings is 1. The highest BCUT2D eigenvalue weighted by Gasteiger charge is 2.26. The molecule has 1 N–H and O–H groups in total. The molecule has 0 unspecified atom stereocenters. The highest BCUT2D eigenvalue weighted by molar-refractivity contribution is 5.84. The van der Waals surface area contributed by atoms with E-state index in [1.165, 1.54) is 4.57 Å². The van der Waals surface area contributed by atoms with Gasteiger partial charge in [-0.3, -0.25) is 24.1 Å². The van der Waals surface area contributed by atoms with Crippen molar-refractivity contribution in [1.29, 1.82) is 0 Å². The van der Waals surface area contributed by atoms with Crippen molar-refractivity contribution in [3.8, 4) is 5.75 Å². The highest BCUT2D eigenvalue weighted by Crippen LogP contribution is 2.24. The van der Waals surface area contributed by atoms with Crippen LogP contribution in [0.2, 0.25) is 0 Å². The molecule has 10 heteroatoms. The van der Waals surface area contributed by atoms with Crippen LogP contribution in [0.1, 0.15) is 67.0 Å². The molecule has 1 fully saturated rings. The van der Waals surface area contributed by atoms with Crippen molar-refractivity contribution in [2.45, 2.75) is 72.6 Å². The Morgan fingerprint density at radius 2 is 1.58 bits per heavy atom. The molecule has 0 bridgehead atoms. The minimum Gasteiger partial charge on any atom is -0.488 e. The molecule has 38 heavy (non-hydrogen) atoms. The minimum absolute atomic E-state index is 0.0471. The molecular formula is C28H43N5O5. The van der Waals surface area contributed by atoms with Gasteiger partial charge in [0.2, 0.25) is 0 Å². The van der Waals surface area contributed by atoms with E-state index in [1.807, 2.05) is 39.8 Å². The van der Waals surface area contributed by atoms with Crippen LogP contribution < -0.4 is 26.2 Å². The average Bonchev–Trinajstić information content (AvgIpc) is 2.83. The summed E-state index contributed by atoms with van der Waals surface area (Å²) in [7, 11) is 0. The zero-order valence-electron chi connectivity index (χ0n) is 23.8. The third-order valence-corrected chi connectivity index (χ3v) is 6.68. The molecule has 210 valence electrons. The molecule has 1 aliphatic heterocycles. The molecule has 2 heterocycles. The second-order valence-corrected chi connectivity index (χ2v) is 10.9. The molecule has 3 rings (SSSR count). The predicted molar refractivity (Wildman–Crippen MR) is 151 cm³/mol. The smallest absolute Gasteiger partial charge is 0.411 e. The molecule has 2 aromatic rings. The lowest BCUT2D eigenvalue weighted by atomic mass is 10.0. The molecule has 0 saturated carbocycles. The Bertz CT molecular complexity index is 1190. The van der Waals surface area contributed by atoms with E-state index in [1.54, 1.807) is 29.7 Å². The van der Waals surface area contributed by atoms with Gasteiger partial charge in [0.05, 0.1) is 6.61 Å². The third kappa shape index (κ3) is 7.40. The third-order valence-electron chi connectivity index (χ3n) is 6.68. The summed E-state index contributed by atoms with van der Waals surface area (Å²) in [5.41, 5.74) is -0.227. The van der Waals surface area contributed by atoms with E-state index in [9.17, 15) is 14.4 Å². The second-order valence-electron chi connectivity index (χ2n) is 10.9. The number of nitrogens with zero attached hydrogens (tertiary/aromatic N) is 4. The van der Waals surface area contributed by atoms with E-state index in [2.05, 4.69) is 29.0 Å². The van der Waals surface area contributed by atoms with Gasteiger partial charge < -0.3 is 14.4 Å². The number of anilines is 2. The first-order chi connectivity index (χ1) is 17.9. The average molecular weight is 530 g/mol. The lowest BCUT2D eigenvalue weighted by Gasteiger charge is -2.38. The van der Waals surface area contributed by atoms with Gasteiger partial charge in [0.15, 0.2) is 0 Å². The zero-order valence-corrected chi connectivity index (χ0v) is 23.8. The summed E-state index contributed by atoms with van der Waals surface area (Å²) >= 11 is 0. The van der Waals surface area contributed by atoms with Gasteiger partial charge in [-0.2, -0.15) is 0 Å². The van der Waals surface area contributed by atoms with Gasteiger partial charge in [0, 0.05) is 56.6 Å². The van der Waals surface area contributed by atoms with Gasteiger partial charge in [-0.05, 0) is 79.2 Å². The molecule has 0 aliphatic carbocycles. The normalized spacial score (nSPS) is 14.7. The topological polar surface area (TPSA) is 98.0 Å². The number of hydrogen-bond donors (Lipinski definition) is 1. The summed E-state index contributed by atoms with van der Waals surface area (Å²) in [6, 6.07) is 8.63. The van der Waals surface area contributed by atoms with Crippen LogP contribution in [0.15, 0.2) is 39.9 Å². The van der Waals surface area contributed by atoms with Gasteiger partial charge in [-0.1, -0.05) is 0 Å². The van der Waals surface area contributed by atoms with E-state index in [-0.39, 0.29) is 28.9 Å². The molecule has 1 saturated heterocycles. The van der Waals surface area contributed by atoms with Crippen LogP contribution >= 0.6 is 0 Å². The summed E-state index contributed by atoms with van der Waals surface area (Å²) in [6.07, 6.45) is 0.353. The molecule has 1 aromatic heterocycles. The Kier molecular flexibility index (Phi) is 9.65. The van der Waals surface area contributed by atoms with E-state index < -0.39 is 6.09 Å². The number of aromatic nitrogens is 2. The molecule has 1 amide bonds. The molecule has 0 radical (unpaired) electrons. The van der Waals surface area contributed by atoms with Crippen LogP contribution in [0.3, 0.4) is 0 Å². The van der Waals surface area contributed by atoms with Crippen LogP contribution in [-0.4, -0.2) is 65.1 Å². The lowest BCUT2D eigenvalue weighted by Crippen LogP contribution is -2.51. The van der Waals surface area contributed by atoms with Crippen molar-refractivity contribution in [3.63, 3.8) is 0 Å². The van der Waals surface area contributed by atoms with E-state index in [4.69, 9.17) is 9.47 Å². The minimum atomic E-state index is -0.478. The van der Waals surface area contributed by atoms with Crippen molar-refractivity contribution in [3.05, 3.63) is 51.2 Å². The molecular weight excluding hydrogens is 486 g/mol. The fourth-order valence-electron chi connectivity index (χ4n) is 4.65. The number of amides is 1. The van der Waals surface area contributed by atoms with Gasteiger partial charge in [-0.15, -0.1) is 0 Å². The summed E-state index contributed by atoms with van der Waals surface area (Å²) in [5.74, 6) is 1.44. The molecule has 0 spiro atoms. The van der Waals surface area contributed by atoms with Crippen molar-refractivity contribution in [1.82, 2.24) is 14.0 Å². The van der Waals surface area contributed by atoms with Gasteiger partial charge in [0.25, 0.3) is 5.56 Å². The molecule has 10 nitrogen and oxygen atoms in total. The number of hydrogen-bond acceptors (Lipinski definition) is 7. The summed E-state index contributed by atoms with van der Waals surface area (Å²) < 4.78 is 14.2. The Morgan fingerprint density at radius 3 is 2.13 bits per heavy atom. The Labute approximate surface area is 225 Å². The maximum absolute atomic E-state index is 13.1. The van der Waals surface area contributed by atoms with Crippen molar-refractivity contribution in [2.75, 3.05) is 49.5 Å². The van der Waals surface area contributed by atoms with Crippen molar-refractivity contribution in [2.24, 2.45) is 0 Å². The van der Waals surface area contributed by atoms with Crippen LogP contribution in [0.4, 0.5) is 16.3 Å². The quantitative estimate of drug-likeness (QED) is 0.495. The van der Waals surface area contributed by atoms with Gasteiger partial charge >= 0.3 is 11.8 Å². The second kappa shape index (κ2) is 12.5. The van der Waals surface area contributed by atoms with Crippen LogP contribution in [-0.2, 0) is 4.74 Å². The van der Waals surface area contributed by atoms with Gasteiger partial charge in [-0.25, -0.2) is 9.59 Å². The monoisotopic (exact) mass is 529 g/mol. The van der Waals surface area contributed by atoms with Crippen LogP contribution in [0, 0.1) is 0 Å². The number of rotatable bonds is 10. The first kappa shape index (κ1) is 29.3. The maximum atomic E-state index is 13.1. The first-order valence-electron chi connectivity index (χ1n) is 13.5. The Balaban J connectivity index is 1.56. The summed E-state index contributed by atoms with van der Waals surface area (Å²) in [4.78, 5) is 41.9. The fourth-order valence-corrected chi connectivity index (χ4v) is 4.65. The Morgan fingerprint density at radius 1 is 0.974 bits per heavy atom. The number of benzene rings is 1. The molecule has 1 aliphatic rings. The standard InChI is InChI=1S/C28H43N5O5/c1-8-37-26(35)29-22-9-11-23(12-10-22)38-28(6,7)13-14-30-15-17-31(18-16-30)24-19-25(34)33(21(4)5)27(36)32(24)20(2)3/h9-12,19-21H,8,13-18H2,1-7H3,(H,29,35). The number of carbonyl (C=O) groups excluding carboxylic acids is 1. The van der Waals surface area contributed by atoms with E-state index in [0.29, 0.717) is 18.1 Å². The van der Waals surface area contributed by atoms with Crippen molar-refractivity contribution < 1.29 is 14.3 Å². The lowest BCUT2D eigenvalue weighted by molar-refractivity contribution is 0.0820. The first-order valence-corrected chi connectivity index (χ1v) is 13.5. The van der Waals surface area contributed by atoms with Crippen molar-refractivity contribution >= 4 is 17.6 Å². The van der Waals surface area contributed by atoms with Crippen LogP contribution in [0.25, 0.3) is 0 Å². The van der Waals surface area contributed by atoms with E-state index >= 15 is 0 Å². The fraction of sp³-hybridized carbons (Fsp3) is 0.607. The zero-order chi connectivity index (χ0) is 28.0. The Hall–Kier alpha value is -3.27. The predicted octanol–water partition coefficient (Wildman–Crippen LogP) is 4.11. The molecule has 1 aromatic carbocycles. The summed E-state index contributed by atoms with van der Waals surface area (Å²) in [6.45, 7) is 17.9. The van der Waals surface area contributed by atoms with E-state index in [0.717, 1.165) is 44.9 Å². The number of nitrogens with one attached hydrogen (secondary N) is 1. The molecule has 0 atom stereocenters. The number of ether oxygens (including phenoxy) is 2. The van der Waals surface area contributed by atoms with Crippen LogP contribution in [0.5, 0.6) is 5.75 Å². The number of carbonyl (C=O) groups is 1. The maximum Gasteiger partial charge on any atom is 0.411 e. The highest BCUT2D eigenvalue weighted by atomic mass is 16.5. The largest absolute Gasteiger partial charge is 0.488 e. The summed E-state index contributed by atoms with van der Waals surface area (Å²) in [5, 5.41) is 2.67. The SMILES string of the molecule is CCOC(=O)Nc1ccc(OC(C)(C)CCN2CCN(c3cc(=O)n(C(C)C)c(=O)n3C(C)C)CC2)cc1.